The molecule has 1 aliphatic carbocycles. The number of epoxide rings is 1. The zero-order chi connectivity index (χ0) is 19.1. The van der Waals surface area contributed by atoms with Crippen molar-refractivity contribution in [3.8, 4) is 0 Å². The van der Waals surface area contributed by atoms with Gasteiger partial charge in [-0.15, -0.1) is 0 Å². The van der Waals surface area contributed by atoms with Crippen LogP contribution in [0.4, 0.5) is 0 Å². The highest BCUT2D eigenvalue weighted by Gasteiger charge is 2.59. The van der Waals surface area contributed by atoms with Crippen molar-refractivity contribution in [3.63, 3.8) is 0 Å². The maximum Gasteiger partial charge on any atom is 0.338 e. The van der Waals surface area contributed by atoms with Crippen LogP contribution in [0, 0.1) is 5.92 Å². The molecule has 1 spiro atoms. The molecule has 0 bridgehead atoms. The molecule has 1 N–H and O–H groups in total. The van der Waals surface area contributed by atoms with E-state index in [1.807, 2.05) is 0 Å². The molecule has 0 amide bonds. The Hall–Kier alpha value is -2.51. The Morgan fingerprint density at radius 2 is 2.19 bits per heavy atom. The van der Waals surface area contributed by atoms with Gasteiger partial charge in [-0.05, 0) is 25.8 Å². The summed E-state index contributed by atoms with van der Waals surface area (Å²) in [6.07, 6.45) is 2.46. The van der Waals surface area contributed by atoms with E-state index >= 15 is 0 Å². The van der Waals surface area contributed by atoms with E-state index in [-0.39, 0.29) is 22.5 Å². The van der Waals surface area contributed by atoms with Crippen molar-refractivity contribution in [1.29, 1.82) is 0 Å². The van der Waals surface area contributed by atoms with Crippen LogP contribution in [0.15, 0.2) is 47.8 Å². The monoisotopic (exact) mass is 360 g/mol. The summed E-state index contributed by atoms with van der Waals surface area (Å²) in [5.74, 6) is -2.31. The van der Waals surface area contributed by atoms with E-state index in [2.05, 4.69) is 13.2 Å². The number of fused-ring (bicyclic) bond motifs is 1. The van der Waals surface area contributed by atoms with Gasteiger partial charge in [-0.3, -0.25) is 4.79 Å². The molecule has 2 saturated heterocycles. The fourth-order valence-electron chi connectivity index (χ4n) is 3.19. The van der Waals surface area contributed by atoms with Crippen molar-refractivity contribution in [3.05, 3.63) is 47.8 Å². The van der Waals surface area contributed by atoms with Gasteiger partial charge in [0, 0.05) is 16.7 Å². The number of aliphatic hydroxyl groups is 1. The normalized spacial score (nSPS) is 37.5. The van der Waals surface area contributed by atoms with Gasteiger partial charge < -0.3 is 19.3 Å². The van der Waals surface area contributed by atoms with Crippen LogP contribution in [-0.2, 0) is 28.6 Å². The summed E-state index contributed by atoms with van der Waals surface area (Å²) in [6, 6.07) is 0. The van der Waals surface area contributed by atoms with Crippen molar-refractivity contribution >= 4 is 18.2 Å². The number of esters is 2. The Labute approximate surface area is 150 Å². The van der Waals surface area contributed by atoms with E-state index in [4.69, 9.17) is 14.2 Å². The number of carbonyl (C=O) groups is 3. The lowest BCUT2D eigenvalue weighted by Gasteiger charge is -2.29. The van der Waals surface area contributed by atoms with Crippen LogP contribution in [0.5, 0.6) is 0 Å². The topological polar surface area (TPSA) is 102 Å². The van der Waals surface area contributed by atoms with Crippen molar-refractivity contribution in [2.75, 3.05) is 6.61 Å². The molecule has 2 heterocycles. The van der Waals surface area contributed by atoms with Gasteiger partial charge in [0.15, 0.2) is 0 Å². The van der Waals surface area contributed by atoms with Crippen molar-refractivity contribution in [2.45, 2.75) is 37.6 Å². The Balaban J connectivity index is 2.08. The molecule has 7 nitrogen and oxygen atoms in total. The fraction of sp³-hybridized carbons (Fsp3) is 0.421. The minimum atomic E-state index is -1.12. The van der Waals surface area contributed by atoms with E-state index in [1.165, 1.54) is 13.0 Å². The summed E-state index contributed by atoms with van der Waals surface area (Å²) in [4.78, 5) is 35.5. The number of hydrogen-bond donors (Lipinski definition) is 1. The Morgan fingerprint density at radius 3 is 2.77 bits per heavy atom. The molecule has 0 unspecified atom stereocenters. The third-order valence-corrected chi connectivity index (χ3v) is 4.83. The number of aldehydes is 1. The first kappa shape index (κ1) is 18.3. The molecular weight excluding hydrogens is 340 g/mol. The minimum Gasteiger partial charge on any atom is -0.455 e. The van der Waals surface area contributed by atoms with E-state index in [0.717, 1.165) is 0 Å². The number of rotatable bonds is 3. The van der Waals surface area contributed by atoms with Crippen molar-refractivity contribution in [2.24, 2.45) is 5.92 Å². The molecule has 0 aromatic carbocycles. The quantitative estimate of drug-likeness (QED) is 0.348. The van der Waals surface area contributed by atoms with Gasteiger partial charge in [-0.25, -0.2) is 9.59 Å². The summed E-state index contributed by atoms with van der Waals surface area (Å²) in [7, 11) is 0. The third kappa shape index (κ3) is 3.15. The second kappa shape index (κ2) is 6.66. The van der Waals surface area contributed by atoms with Crippen molar-refractivity contribution in [1.82, 2.24) is 0 Å². The van der Waals surface area contributed by atoms with E-state index in [0.29, 0.717) is 25.7 Å². The zero-order valence-electron chi connectivity index (χ0n) is 14.4. The molecule has 0 radical (unpaired) electrons. The molecule has 0 aromatic rings. The van der Waals surface area contributed by atoms with E-state index < -0.39 is 35.7 Å². The Kier molecular flexibility index (Phi) is 4.68. The Morgan fingerprint density at radius 1 is 1.50 bits per heavy atom. The van der Waals surface area contributed by atoms with Crippen molar-refractivity contribution < 1.29 is 33.7 Å². The lowest BCUT2D eigenvalue weighted by molar-refractivity contribution is -0.147. The second-order valence-electron chi connectivity index (χ2n) is 6.75. The number of ether oxygens (including phenoxy) is 3. The van der Waals surface area contributed by atoms with Gasteiger partial charge in [-0.1, -0.05) is 19.2 Å². The lowest BCUT2D eigenvalue weighted by atomic mass is 9.83. The highest BCUT2D eigenvalue weighted by molar-refractivity contribution is 5.93. The third-order valence-electron chi connectivity index (χ3n) is 4.83. The molecule has 4 atom stereocenters. The van der Waals surface area contributed by atoms with Crippen LogP contribution >= 0.6 is 0 Å². The first-order valence-corrected chi connectivity index (χ1v) is 8.25. The molecule has 138 valence electrons. The largest absolute Gasteiger partial charge is 0.455 e. The molecule has 0 aromatic heterocycles. The van der Waals surface area contributed by atoms with Crippen LogP contribution in [-0.4, -0.2) is 47.7 Å². The molecule has 3 aliphatic rings. The number of carbonyl (C=O) groups excluding carboxylic acids is 3. The van der Waals surface area contributed by atoms with Crippen LogP contribution in [0.25, 0.3) is 0 Å². The first-order chi connectivity index (χ1) is 12.3. The van der Waals surface area contributed by atoms with Crippen LogP contribution < -0.4 is 0 Å². The summed E-state index contributed by atoms with van der Waals surface area (Å²) >= 11 is 0. The number of aliphatic hydroxyl groups excluding tert-OH is 1. The van der Waals surface area contributed by atoms with Crippen LogP contribution in [0.2, 0.25) is 0 Å². The van der Waals surface area contributed by atoms with Gasteiger partial charge in [0.1, 0.15) is 29.9 Å². The van der Waals surface area contributed by atoms with Crippen LogP contribution in [0.3, 0.4) is 0 Å². The average molecular weight is 360 g/mol. The predicted molar refractivity (Wildman–Crippen MR) is 89.6 cm³/mol. The maximum absolute atomic E-state index is 12.1. The number of hydrogen-bond acceptors (Lipinski definition) is 7. The molecule has 7 heteroatoms. The predicted octanol–water partition coefficient (Wildman–Crippen LogP) is 1.14. The molecule has 3 rings (SSSR count). The van der Waals surface area contributed by atoms with Gasteiger partial charge in [-0.2, -0.15) is 0 Å². The summed E-state index contributed by atoms with van der Waals surface area (Å²) < 4.78 is 16.1. The lowest BCUT2D eigenvalue weighted by Crippen LogP contribution is -2.44. The van der Waals surface area contributed by atoms with Crippen LogP contribution in [0.1, 0.15) is 19.8 Å². The standard InChI is InChI=1S/C19H20O7/c1-10(2)17(22)25-13-7-12(8-20)5-4-6-19(9-24-19)16(21)15-14(13)11(3)18(23)26-15/h5,7-8,14-16,21H,1,3-4,6,9H2,2H3/b12-5+,13-7+/t14-,15+,16-,19-/m1/s1. The van der Waals surface area contributed by atoms with Gasteiger partial charge in [0.2, 0.25) is 0 Å². The van der Waals surface area contributed by atoms with Gasteiger partial charge in [0.25, 0.3) is 0 Å². The molecule has 0 saturated carbocycles. The zero-order valence-corrected chi connectivity index (χ0v) is 14.4. The second-order valence-corrected chi connectivity index (χ2v) is 6.75. The van der Waals surface area contributed by atoms with E-state index in [9.17, 15) is 19.5 Å². The SMILES string of the molecule is C=C(C)C(=O)O/C1=C/C(C=O)=C\CC[C@@]2(CO2)[C@H](O)[C@H]2OC(=O)C(=C)[C@H]12. The molecule has 2 fully saturated rings. The summed E-state index contributed by atoms with van der Waals surface area (Å²) in [5, 5.41) is 10.8. The summed E-state index contributed by atoms with van der Waals surface area (Å²) in [6.45, 7) is 9.03. The first-order valence-electron chi connectivity index (χ1n) is 8.25. The molecule has 2 aliphatic heterocycles. The Bertz CT molecular complexity index is 754. The van der Waals surface area contributed by atoms with Gasteiger partial charge >= 0.3 is 11.9 Å². The molecular formula is C19H20O7. The maximum atomic E-state index is 12.1. The minimum absolute atomic E-state index is 0.00829. The van der Waals surface area contributed by atoms with E-state index in [1.54, 1.807) is 6.08 Å². The summed E-state index contributed by atoms with van der Waals surface area (Å²) in [5.41, 5.74) is -0.377. The highest BCUT2D eigenvalue weighted by Crippen LogP contribution is 2.45. The number of allylic oxidation sites excluding steroid dienone is 3. The van der Waals surface area contributed by atoms with Gasteiger partial charge in [0.05, 0.1) is 12.5 Å². The highest BCUT2D eigenvalue weighted by atomic mass is 16.6. The molecule has 26 heavy (non-hydrogen) atoms. The smallest absolute Gasteiger partial charge is 0.338 e. The average Bonchev–Trinajstić information content (AvgIpc) is 3.32. The fourth-order valence-corrected chi connectivity index (χ4v) is 3.19.